The van der Waals surface area contributed by atoms with Gasteiger partial charge in [0.2, 0.25) is 5.91 Å². The normalized spacial score (nSPS) is 22.9. The highest BCUT2D eigenvalue weighted by Gasteiger charge is 2.41. The summed E-state index contributed by atoms with van der Waals surface area (Å²) in [6, 6.07) is 16.0. The Bertz CT molecular complexity index is 866. The summed E-state index contributed by atoms with van der Waals surface area (Å²) in [6.07, 6.45) is 4.75. The predicted molar refractivity (Wildman–Crippen MR) is 122 cm³/mol. The molecule has 1 heterocycles. The maximum atomic E-state index is 13.2. The van der Waals surface area contributed by atoms with E-state index in [2.05, 4.69) is 17.9 Å². The van der Waals surface area contributed by atoms with Gasteiger partial charge in [-0.25, -0.2) is 0 Å². The zero-order valence-corrected chi connectivity index (χ0v) is 18.9. The van der Waals surface area contributed by atoms with E-state index in [0.717, 1.165) is 30.0 Å². The molecular weight excluding hydrogens is 417 g/mol. The summed E-state index contributed by atoms with van der Waals surface area (Å²) in [5, 5.41) is 1.43. The van der Waals surface area contributed by atoms with Crippen LogP contribution in [0.3, 0.4) is 0 Å². The summed E-state index contributed by atoms with van der Waals surface area (Å²) < 4.78 is 6.04. The molecule has 1 aliphatic heterocycles. The molecule has 30 heavy (non-hydrogen) atoms. The number of amides is 1. The quantitative estimate of drug-likeness (QED) is 0.455. The van der Waals surface area contributed by atoms with Gasteiger partial charge in [0.1, 0.15) is 0 Å². The Kier molecular flexibility index (Phi) is 7.02. The van der Waals surface area contributed by atoms with E-state index >= 15 is 0 Å². The fourth-order valence-corrected chi connectivity index (χ4v) is 4.86. The Balaban J connectivity index is 1.68. The Labute approximate surface area is 189 Å². The minimum absolute atomic E-state index is 0.0545. The summed E-state index contributed by atoms with van der Waals surface area (Å²) >= 11 is 12.5. The molecule has 1 saturated carbocycles. The summed E-state index contributed by atoms with van der Waals surface area (Å²) in [5.41, 5.74) is 2.28. The Morgan fingerprint density at radius 2 is 1.80 bits per heavy atom. The van der Waals surface area contributed by atoms with Gasteiger partial charge >= 0.3 is 0 Å². The molecule has 4 rings (SSSR count). The van der Waals surface area contributed by atoms with E-state index in [4.69, 9.17) is 27.9 Å². The molecule has 1 saturated heterocycles. The number of nitrogens with zero attached hydrogens (tertiary/aromatic N) is 1. The number of hydrogen-bond donors (Lipinski definition) is 0. The van der Waals surface area contributed by atoms with E-state index in [1.807, 2.05) is 42.5 Å². The van der Waals surface area contributed by atoms with Gasteiger partial charge in [-0.05, 0) is 67.0 Å². The number of benzene rings is 2. The van der Waals surface area contributed by atoms with Crippen molar-refractivity contribution in [2.75, 3.05) is 13.2 Å². The van der Waals surface area contributed by atoms with Gasteiger partial charge in [-0.2, -0.15) is 0 Å². The van der Waals surface area contributed by atoms with Crippen LogP contribution in [0.2, 0.25) is 10.0 Å². The lowest BCUT2D eigenvalue weighted by Gasteiger charge is -2.45. The van der Waals surface area contributed by atoms with Gasteiger partial charge in [0.25, 0.3) is 0 Å². The Hall–Kier alpha value is -1.55. The first-order chi connectivity index (χ1) is 14.6. The van der Waals surface area contributed by atoms with Crippen molar-refractivity contribution in [2.24, 2.45) is 5.92 Å². The number of halogens is 2. The molecule has 3 atom stereocenters. The molecule has 5 heteroatoms. The van der Waals surface area contributed by atoms with Crippen LogP contribution in [0.4, 0.5) is 0 Å². The van der Waals surface area contributed by atoms with Gasteiger partial charge < -0.3 is 9.64 Å². The Morgan fingerprint density at radius 3 is 2.47 bits per heavy atom. The number of rotatable bonds is 8. The summed E-state index contributed by atoms with van der Waals surface area (Å²) in [7, 11) is 0. The smallest absolute Gasteiger partial charge is 0.223 e. The van der Waals surface area contributed by atoms with Crippen LogP contribution in [0.15, 0.2) is 48.5 Å². The lowest BCUT2D eigenvalue weighted by atomic mass is 9.79. The van der Waals surface area contributed by atoms with Crippen molar-refractivity contribution >= 4 is 29.1 Å². The van der Waals surface area contributed by atoms with E-state index in [9.17, 15) is 4.79 Å². The van der Waals surface area contributed by atoms with E-state index in [0.29, 0.717) is 24.0 Å². The highest BCUT2D eigenvalue weighted by Crippen LogP contribution is 2.45. The summed E-state index contributed by atoms with van der Waals surface area (Å²) in [5.74, 6) is 1.10. The zero-order valence-electron chi connectivity index (χ0n) is 17.4. The molecule has 2 aromatic rings. The number of ether oxygens (including phenoxy) is 1. The van der Waals surface area contributed by atoms with Crippen LogP contribution in [-0.2, 0) is 9.53 Å². The van der Waals surface area contributed by atoms with Crippen LogP contribution in [0.25, 0.3) is 0 Å². The fourth-order valence-electron chi connectivity index (χ4n) is 4.53. The lowest BCUT2D eigenvalue weighted by molar-refractivity contribution is -0.143. The van der Waals surface area contributed by atoms with Crippen LogP contribution in [0, 0.1) is 5.92 Å². The highest BCUT2D eigenvalue weighted by atomic mass is 35.5. The molecule has 1 unspecified atom stereocenters. The molecule has 2 aliphatic rings. The average molecular weight is 446 g/mol. The standard InChI is InChI=1S/C25H29Cl2NO2/c1-2-22(16-30-15-17-6-7-17)28-24(29)13-12-23(19-4-3-5-21(27)14-19)25(28)18-8-10-20(26)11-9-18/h3-5,8-11,14,17,22-23,25H,2,6-7,12-13,15-16H2,1H3/t22?,23-,25-/m1/s1. The SMILES string of the molecule is CCC(COCC1CC1)N1C(=O)CC[C@H](c2cccc(Cl)c2)[C@H]1c1ccc(Cl)cc1. The topological polar surface area (TPSA) is 29.5 Å². The van der Waals surface area contributed by atoms with Crippen molar-refractivity contribution < 1.29 is 9.53 Å². The third-order valence-corrected chi connectivity index (χ3v) is 6.84. The van der Waals surface area contributed by atoms with Crippen LogP contribution < -0.4 is 0 Å². The molecule has 0 N–H and O–H groups in total. The van der Waals surface area contributed by atoms with Gasteiger partial charge in [0.05, 0.1) is 18.7 Å². The zero-order chi connectivity index (χ0) is 21.1. The molecule has 2 aromatic carbocycles. The number of likely N-dealkylation sites (tertiary alicyclic amines) is 1. The van der Waals surface area contributed by atoms with E-state index in [1.54, 1.807) is 0 Å². The summed E-state index contributed by atoms with van der Waals surface area (Å²) in [6.45, 7) is 3.54. The van der Waals surface area contributed by atoms with Crippen molar-refractivity contribution in [1.82, 2.24) is 4.90 Å². The van der Waals surface area contributed by atoms with Crippen molar-refractivity contribution in [2.45, 2.75) is 57.0 Å². The third-order valence-electron chi connectivity index (χ3n) is 6.35. The van der Waals surface area contributed by atoms with Crippen LogP contribution in [-0.4, -0.2) is 30.1 Å². The second kappa shape index (κ2) is 9.72. The van der Waals surface area contributed by atoms with Gasteiger partial charge in [-0.15, -0.1) is 0 Å². The second-order valence-electron chi connectivity index (χ2n) is 8.54. The van der Waals surface area contributed by atoms with Gasteiger partial charge in [0, 0.05) is 29.0 Å². The molecule has 0 aromatic heterocycles. The molecule has 3 nitrogen and oxygen atoms in total. The van der Waals surface area contributed by atoms with Crippen molar-refractivity contribution in [1.29, 1.82) is 0 Å². The van der Waals surface area contributed by atoms with Crippen LogP contribution in [0.1, 0.15) is 62.1 Å². The van der Waals surface area contributed by atoms with E-state index in [-0.39, 0.29) is 23.9 Å². The maximum Gasteiger partial charge on any atom is 0.223 e. The Morgan fingerprint density at radius 1 is 1.03 bits per heavy atom. The molecule has 0 bridgehead atoms. The average Bonchev–Trinajstić information content (AvgIpc) is 3.56. The van der Waals surface area contributed by atoms with Crippen molar-refractivity contribution in [3.63, 3.8) is 0 Å². The van der Waals surface area contributed by atoms with Crippen molar-refractivity contribution in [3.05, 3.63) is 69.7 Å². The second-order valence-corrected chi connectivity index (χ2v) is 9.41. The molecule has 1 amide bonds. The maximum absolute atomic E-state index is 13.2. The molecule has 0 spiro atoms. The highest BCUT2D eigenvalue weighted by molar-refractivity contribution is 6.30. The van der Waals surface area contributed by atoms with Crippen LogP contribution >= 0.6 is 23.2 Å². The molecule has 1 aliphatic carbocycles. The van der Waals surface area contributed by atoms with E-state index < -0.39 is 0 Å². The number of hydrogen-bond acceptors (Lipinski definition) is 2. The van der Waals surface area contributed by atoms with Crippen LogP contribution in [0.5, 0.6) is 0 Å². The minimum atomic E-state index is -0.0588. The molecule has 160 valence electrons. The van der Waals surface area contributed by atoms with Crippen molar-refractivity contribution in [3.8, 4) is 0 Å². The molecular formula is C25H29Cl2NO2. The lowest BCUT2D eigenvalue weighted by Crippen LogP contribution is -2.49. The third kappa shape index (κ3) is 5.01. The first kappa shape index (κ1) is 21.7. The number of carbonyl (C=O) groups excluding carboxylic acids is 1. The molecule has 0 radical (unpaired) electrons. The predicted octanol–water partition coefficient (Wildman–Crippen LogP) is 6.65. The van der Waals surface area contributed by atoms with Gasteiger partial charge in [-0.1, -0.05) is 54.4 Å². The summed E-state index contributed by atoms with van der Waals surface area (Å²) in [4.78, 5) is 15.3. The first-order valence-corrected chi connectivity index (χ1v) is 11.7. The first-order valence-electron chi connectivity index (χ1n) is 11.0. The molecule has 2 fully saturated rings. The van der Waals surface area contributed by atoms with E-state index in [1.165, 1.54) is 18.4 Å². The number of piperidine rings is 1. The van der Waals surface area contributed by atoms with Gasteiger partial charge in [-0.3, -0.25) is 4.79 Å². The minimum Gasteiger partial charge on any atom is -0.379 e. The fraction of sp³-hybridized carbons (Fsp3) is 0.480. The van der Waals surface area contributed by atoms with Gasteiger partial charge in [0.15, 0.2) is 0 Å². The monoisotopic (exact) mass is 445 g/mol. The largest absolute Gasteiger partial charge is 0.379 e. The number of carbonyl (C=O) groups is 1.